The fourth-order valence-electron chi connectivity index (χ4n) is 2.02. The Hall–Kier alpha value is -2.24. The van der Waals surface area contributed by atoms with Crippen LogP contribution in [0.4, 0.5) is 10.5 Å². The Morgan fingerprint density at radius 1 is 1.38 bits per heavy atom. The molecule has 0 saturated heterocycles. The number of carbonyl (C=O) groups excluding carboxylic acids is 1. The topological polar surface area (TPSA) is 89.9 Å². The molecule has 1 atom stereocenters. The third-order valence-corrected chi connectivity index (χ3v) is 3.10. The van der Waals surface area contributed by atoms with Crippen molar-refractivity contribution in [3.8, 4) is 5.75 Å². The van der Waals surface area contributed by atoms with E-state index in [-0.39, 0.29) is 24.2 Å². The summed E-state index contributed by atoms with van der Waals surface area (Å²) in [6, 6.07) is 6.13. The molecule has 0 spiro atoms. The summed E-state index contributed by atoms with van der Waals surface area (Å²) >= 11 is 0. The van der Waals surface area contributed by atoms with Gasteiger partial charge in [-0.2, -0.15) is 0 Å². The van der Waals surface area contributed by atoms with Crippen LogP contribution in [0.3, 0.4) is 0 Å². The highest BCUT2D eigenvalue weighted by Gasteiger charge is 2.16. The largest absolute Gasteiger partial charge is 0.508 e. The molecule has 0 aliphatic heterocycles. The average molecular weight is 294 g/mol. The van der Waals surface area contributed by atoms with Crippen LogP contribution in [0.2, 0.25) is 0 Å². The van der Waals surface area contributed by atoms with Crippen molar-refractivity contribution in [1.82, 2.24) is 5.32 Å². The second-order valence-electron chi connectivity index (χ2n) is 4.90. The normalized spacial score (nSPS) is 11.7. The molecule has 1 unspecified atom stereocenters. The van der Waals surface area contributed by atoms with Gasteiger partial charge >= 0.3 is 12.0 Å². The fraction of sp³-hybridized carbons (Fsp3) is 0.467. The van der Waals surface area contributed by atoms with Gasteiger partial charge in [-0.25, -0.2) is 4.79 Å². The van der Waals surface area contributed by atoms with E-state index in [9.17, 15) is 14.7 Å². The highest BCUT2D eigenvalue weighted by Crippen LogP contribution is 2.20. The van der Waals surface area contributed by atoms with Crippen LogP contribution in [-0.4, -0.2) is 34.8 Å². The highest BCUT2D eigenvalue weighted by atomic mass is 16.4. The van der Waals surface area contributed by atoms with Crippen molar-refractivity contribution in [2.75, 3.05) is 11.4 Å². The lowest BCUT2D eigenvalue weighted by atomic mass is 10.1. The number of carbonyl (C=O) groups is 2. The van der Waals surface area contributed by atoms with E-state index in [1.165, 1.54) is 11.0 Å². The Kier molecular flexibility index (Phi) is 6.52. The predicted molar refractivity (Wildman–Crippen MR) is 80.6 cm³/mol. The van der Waals surface area contributed by atoms with Crippen LogP contribution >= 0.6 is 0 Å². The lowest BCUT2D eigenvalue weighted by Crippen LogP contribution is -2.44. The van der Waals surface area contributed by atoms with E-state index in [1.54, 1.807) is 18.2 Å². The first-order valence-corrected chi connectivity index (χ1v) is 7.03. The monoisotopic (exact) mass is 294 g/mol. The maximum Gasteiger partial charge on any atom is 0.322 e. The van der Waals surface area contributed by atoms with Crippen LogP contribution in [0.5, 0.6) is 5.75 Å². The van der Waals surface area contributed by atoms with Crippen LogP contribution in [0.25, 0.3) is 0 Å². The first kappa shape index (κ1) is 16.8. The molecule has 0 bridgehead atoms. The number of phenolic OH excluding ortho intramolecular Hbond substituents is 1. The van der Waals surface area contributed by atoms with Crippen LogP contribution in [0.1, 0.15) is 33.1 Å². The summed E-state index contributed by atoms with van der Waals surface area (Å²) in [5.74, 6) is -0.725. The number of aliphatic carboxylic acids is 1. The van der Waals surface area contributed by atoms with E-state index in [0.717, 1.165) is 0 Å². The van der Waals surface area contributed by atoms with Crippen LogP contribution in [0, 0.1) is 0 Å². The second-order valence-corrected chi connectivity index (χ2v) is 4.90. The van der Waals surface area contributed by atoms with Gasteiger partial charge in [0.25, 0.3) is 0 Å². The molecule has 0 aliphatic carbocycles. The van der Waals surface area contributed by atoms with Gasteiger partial charge in [-0.3, -0.25) is 9.69 Å². The Labute approximate surface area is 124 Å². The van der Waals surface area contributed by atoms with E-state index < -0.39 is 5.97 Å². The smallest absolute Gasteiger partial charge is 0.322 e. The summed E-state index contributed by atoms with van der Waals surface area (Å²) in [6.45, 7) is 4.16. The molecule has 6 heteroatoms. The first-order chi connectivity index (χ1) is 9.93. The number of carboxylic acid groups (broad SMARTS) is 1. The van der Waals surface area contributed by atoms with Gasteiger partial charge in [0.2, 0.25) is 0 Å². The molecule has 2 amide bonds. The molecular weight excluding hydrogens is 272 g/mol. The molecule has 0 aromatic heterocycles. The minimum absolute atomic E-state index is 0.101. The van der Waals surface area contributed by atoms with Gasteiger partial charge in [0, 0.05) is 30.8 Å². The number of amides is 2. The van der Waals surface area contributed by atoms with Crippen molar-refractivity contribution in [1.29, 1.82) is 0 Å². The second kappa shape index (κ2) is 8.14. The molecule has 0 saturated carbocycles. The number of hydrogen-bond acceptors (Lipinski definition) is 3. The molecule has 1 aromatic rings. The average Bonchev–Trinajstić information content (AvgIpc) is 2.39. The molecule has 6 nitrogen and oxygen atoms in total. The Morgan fingerprint density at radius 2 is 2.10 bits per heavy atom. The summed E-state index contributed by atoms with van der Waals surface area (Å²) in [4.78, 5) is 24.2. The summed E-state index contributed by atoms with van der Waals surface area (Å²) in [6.07, 6.45) is 1.23. The quantitative estimate of drug-likeness (QED) is 0.721. The Morgan fingerprint density at radius 3 is 2.67 bits per heavy atom. The van der Waals surface area contributed by atoms with Gasteiger partial charge in [-0.1, -0.05) is 6.07 Å². The number of carboxylic acids is 1. The van der Waals surface area contributed by atoms with Crippen molar-refractivity contribution in [3.63, 3.8) is 0 Å². The third kappa shape index (κ3) is 5.72. The highest BCUT2D eigenvalue weighted by molar-refractivity contribution is 5.92. The first-order valence-electron chi connectivity index (χ1n) is 7.03. The molecule has 0 heterocycles. The molecule has 0 aliphatic rings. The number of hydrogen-bond donors (Lipinski definition) is 3. The Balaban J connectivity index is 2.57. The summed E-state index contributed by atoms with van der Waals surface area (Å²) in [7, 11) is 0. The molecule has 116 valence electrons. The van der Waals surface area contributed by atoms with E-state index in [4.69, 9.17) is 5.11 Å². The fourth-order valence-corrected chi connectivity index (χ4v) is 2.02. The van der Waals surface area contributed by atoms with Gasteiger partial charge in [0.05, 0.1) is 0 Å². The van der Waals surface area contributed by atoms with Gasteiger partial charge < -0.3 is 15.5 Å². The molecule has 1 aromatic carbocycles. The number of anilines is 1. The number of benzene rings is 1. The standard InChI is InChI=1S/C15H22N2O4/c1-3-17(12-7-5-8-13(18)10-12)15(21)16-11(2)6-4-9-14(19)20/h5,7-8,10-11,18H,3-4,6,9H2,1-2H3,(H,16,21)(H,19,20). The molecular formula is C15H22N2O4. The maximum atomic E-state index is 12.2. The zero-order valence-corrected chi connectivity index (χ0v) is 12.4. The van der Waals surface area contributed by atoms with Crippen molar-refractivity contribution < 1.29 is 19.8 Å². The summed E-state index contributed by atoms with van der Waals surface area (Å²) < 4.78 is 0. The Bertz CT molecular complexity index is 490. The van der Waals surface area contributed by atoms with E-state index >= 15 is 0 Å². The number of phenols is 1. The maximum absolute atomic E-state index is 12.2. The van der Waals surface area contributed by atoms with Crippen molar-refractivity contribution in [2.24, 2.45) is 0 Å². The molecule has 0 fully saturated rings. The van der Waals surface area contributed by atoms with Gasteiger partial charge in [-0.15, -0.1) is 0 Å². The summed E-state index contributed by atoms with van der Waals surface area (Å²) in [5, 5.41) is 20.9. The number of nitrogens with one attached hydrogen (secondary N) is 1. The van der Waals surface area contributed by atoms with Crippen molar-refractivity contribution >= 4 is 17.7 Å². The van der Waals surface area contributed by atoms with Crippen LogP contribution < -0.4 is 10.2 Å². The number of rotatable bonds is 7. The molecule has 3 N–H and O–H groups in total. The minimum Gasteiger partial charge on any atom is -0.508 e. The van der Waals surface area contributed by atoms with E-state index in [2.05, 4.69) is 5.32 Å². The summed E-state index contributed by atoms with van der Waals surface area (Å²) in [5.41, 5.74) is 0.618. The van der Waals surface area contributed by atoms with Crippen molar-refractivity contribution in [2.45, 2.75) is 39.2 Å². The lowest BCUT2D eigenvalue weighted by Gasteiger charge is -2.24. The lowest BCUT2D eigenvalue weighted by molar-refractivity contribution is -0.137. The minimum atomic E-state index is -0.830. The van der Waals surface area contributed by atoms with Crippen LogP contribution in [0.15, 0.2) is 24.3 Å². The number of urea groups is 1. The number of nitrogens with zero attached hydrogens (tertiary/aromatic N) is 1. The van der Waals surface area contributed by atoms with Crippen molar-refractivity contribution in [3.05, 3.63) is 24.3 Å². The van der Waals surface area contributed by atoms with Gasteiger partial charge in [0.1, 0.15) is 5.75 Å². The van der Waals surface area contributed by atoms with Gasteiger partial charge in [0.15, 0.2) is 0 Å². The van der Waals surface area contributed by atoms with Gasteiger partial charge in [-0.05, 0) is 38.8 Å². The number of aromatic hydroxyl groups is 1. The zero-order chi connectivity index (χ0) is 15.8. The SMILES string of the molecule is CCN(C(=O)NC(C)CCCC(=O)O)c1cccc(O)c1. The third-order valence-electron chi connectivity index (χ3n) is 3.10. The zero-order valence-electron chi connectivity index (χ0n) is 12.4. The molecule has 1 rings (SSSR count). The predicted octanol–water partition coefficient (Wildman–Crippen LogP) is 2.57. The van der Waals surface area contributed by atoms with Crippen LogP contribution in [-0.2, 0) is 4.79 Å². The van der Waals surface area contributed by atoms with E-state index in [1.807, 2.05) is 13.8 Å². The molecule has 21 heavy (non-hydrogen) atoms. The van der Waals surface area contributed by atoms with E-state index in [0.29, 0.717) is 25.1 Å². The molecule has 0 radical (unpaired) electrons.